The van der Waals surface area contributed by atoms with Crippen LogP contribution in [0.3, 0.4) is 0 Å². The average Bonchev–Trinajstić information content (AvgIpc) is 3.30. The zero-order valence-corrected chi connectivity index (χ0v) is 21.1. The number of aryl methyl sites for hydroxylation is 1. The van der Waals surface area contributed by atoms with E-state index in [0.717, 1.165) is 11.3 Å². The highest BCUT2D eigenvalue weighted by molar-refractivity contribution is 7.99. The number of hydrogen-bond acceptors (Lipinski definition) is 6. The minimum Gasteiger partial charge on any atom is -0.497 e. The molecule has 0 aliphatic heterocycles. The Morgan fingerprint density at radius 2 is 1.83 bits per heavy atom. The lowest BCUT2D eigenvalue weighted by Gasteiger charge is -2.17. The number of ether oxygens (including phenoxy) is 2. The predicted molar refractivity (Wildman–Crippen MR) is 139 cm³/mol. The van der Waals surface area contributed by atoms with Crippen LogP contribution in [0, 0.1) is 6.92 Å². The average molecular weight is 509 g/mol. The van der Waals surface area contributed by atoms with Gasteiger partial charge in [-0.05, 0) is 55.8 Å². The van der Waals surface area contributed by atoms with Crippen LogP contribution >= 0.6 is 23.4 Å². The molecule has 35 heavy (non-hydrogen) atoms. The first-order chi connectivity index (χ1) is 16.9. The Hall–Kier alpha value is -3.49. The molecule has 7 nitrogen and oxygen atoms in total. The van der Waals surface area contributed by atoms with Gasteiger partial charge in [0.05, 0.1) is 12.9 Å². The lowest BCUT2D eigenvalue weighted by Crippen LogP contribution is -2.16. The van der Waals surface area contributed by atoms with Gasteiger partial charge in [0.2, 0.25) is 5.91 Å². The monoisotopic (exact) mass is 508 g/mol. The molecule has 0 spiro atoms. The van der Waals surface area contributed by atoms with Crippen molar-refractivity contribution in [2.75, 3.05) is 18.2 Å². The standard InChI is InChI=1S/C26H25ClN4O3S/c1-17-12-13-19(27)14-23(17)28-24(32)16-35-26-30-29-25(31(26)20-8-5-4-6-9-20)18(2)34-22-11-7-10-21(15-22)33-3/h4-15,18H,16H2,1-3H3,(H,28,32). The number of benzene rings is 3. The summed E-state index contributed by atoms with van der Waals surface area (Å²) in [5.41, 5.74) is 2.50. The SMILES string of the molecule is COc1cccc(OC(C)c2nnc(SCC(=O)Nc3cc(Cl)ccc3C)n2-c2ccccc2)c1. The van der Waals surface area contributed by atoms with E-state index in [9.17, 15) is 4.79 Å². The van der Waals surface area contributed by atoms with E-state index < -0.39 is 6.10 Å². The van der Waals surface area contributed by atoms with Crippen molar-refractivity contribution in [2.45, 2.75) is 25.1 Å². The highest BCUT2D eigenvalue weighted by atomic mass is 35.5. The van der Waals surface area contributed by atoms with E-state index in [0.29, 0.717) is 33.2 Å². The maximum absolute atomic E-state index is 12.7. The van der Waals surface area contributed by atoms with E-state index in [1.165, 1.54) is 11.8 Å². The maximum atomic E-state index is 12.7. The van der Waals surface area contributed by atoms with Crippen LogP contribution in [-0.4, -0.2) is 33.5 Å². The Kier molecular flexibility index (Phi) is 7.94. The smallest absolute Gasteiger partial charge is 0.234 e. The molecule has 0 bridgehead atoms. The lowest BCUT2D eigenvalue weighted by molar-refractivity contribution is -0.113. The summed E-state index contributed by atoms with van der Waals surface area (Å²) in [5.74, 6) is 1.97. The third kappa shape index (κ3) is 6.15. The van der Waals surface area contributed by atoms with Crippen LogP contribution < -0.4 is 14.8 Å². The van der Waals surface area contributed by atoms with Gasteiger partial charge in [0.1, 0.15) is 11.5 Å². The van der Waals surface area contributed by atoms with Crippen LogP contribution in [0.15, 0.2) is 78.0 Å². The number of nitrogens with one attached hydrogen (secondary N) is 1. The number of para-hydroxylation sites is 1. The summed E-state index contributed by atoms with van der Waals surface area (Å²) in [6.07, 6.45) is -0.410. The topological polar surface area (TPSA) is 78.3 Å². The molecule has 9 heteroatoms. The summed E-state index contributed by atoms with van der Waals surface area (Å²) < 4.78 is 13.3. The summed E-state index contributed by atoms with van der Waals surface area (Å²) in [5, 5.41) is 12.8. The Balaban J connectivity index is 1.54. The first-order valence-corrected chi connectivity index (χ1v) is 12.3. The molecule has 0 aliphatic carbocycles. The molecular formula is C26H25ClN4O3S. The van der Waals surface area contributed by atoms with E-state index in [4.69, 9.17) is 21.1 Å². The Bertz CT molecular complexity index is 1310. The molecule has 0 aliphatic rings. The molecule has 0 saturated heterocycles. The van der Waals surface area contributed by atoms with Crippen LogP contribution in [0.1, 0.15) is 24.4 Å². The van der Waals surface area contributed by atoms with Gasteiger partial charge in [-0.15, -0.1) is 10.2 Å². The van der Waals surface area contributed by atoms with Gasteiger partial charge in [0.25, 0.3) is 0 Å². The van der Waals surface area contributed by atoms with Gasteiger partial charge in [0, 0.05) is 22.5 Å². The summed E-state index contributed by atoms with van der Waals surface area (Å²) in [6.45, 7) is 3.83. The second-order valence-electron chi connectivity index (χ2n) is 7.75. The molecule has 4 aromatic rings. The minimum atomic E-state index is -0.410. The Morgan fingerprint density at radius 1 is 1.06 bits per heavy atom. The molecule has 1 atom stereocenters. The van der Waals surface area contributed by atoms with Crippen molar-refractivity contribution in [1.82, 2.24) is 14.8 Å². The molecule has 4 rings (SSSR count). The second kappa shape index (κ2) is 11.3. The van der Waals surface area contributed by atoms with Gasteiger partial charge < -0.3 is 14.8 Å². The largest absolute Gasteiger partial charge is 0.497 e. The summed E-state index contributed by atoms with van der Waals surface area (Å²) in [7, 11) is 1.61. The molecule has 1 aromatic heterocycles. The summed E-state index contributed by atoms with van der Waals surface area (Å²) >= 11 is 7.37. The Labute approximate surface area is 213 Å². The predicted octanol–water partition coefficient (Wildman–Crippen LogP) is 6.11. The minimum absolute atomic E-state index is 0.155. The first-order valence-electron chi connectivity index (χ1n) is 10.9. The number of carbonyl (C=O) groups excluding carboxylic acids is 1. The zero-order valence-electron chi connectivity index (χ0n) is 19.6. The van der Waals surface area contributed by atoms with Crippen LogP contribution in [0.5, 0.6) is 11.5 Å². The van der Waals surface area contributed by atoms with Crippen molar-refractivity contribution in [3.8, 4) is 17.2 Å². The lowest BCUT2D eigenvalue weighted by atomic mass is 10.2. The maximum Gasteiger partial charge on any atom is 0.234 e. The van der Waals surface area contributed by atoms with Gasteiger partial charge >= 0.3 is 0 Å². The van der Waals surface area contributed by atoms with Crippen LogP contribution in [0.4, 0.5) is 5.69 Å². The highest BCUT2D eigenvalue weighted by Gasteiger charge is 2.22. The van der Waals surface area contributed by atoms with Crippen LogP contribution in [0.2, 0.25) is 5.02 Å². The molecule has 180 valence electrons. The molecular weight excluding hydrogens is 484 g/mol. The van der Waals surface area contributed by atoms with Crippen molar-refractivity contribution >= 4 is 35.0 Å². The number of halogens is 1. The zero-order chi connectivity index (χ0) is 24.8. The van der Waals surface area contributed by atoms with E-state index in [2.05, 4.69) is 15.5 Å². The fraction of sp³-hybridized carbons (Fsp3) is 0.192. The van der Waals surface area contributed by atoms with Gasteiger partial charge in [-0.2, -0.15) is 0 Å². The third-order valence-corrected chi connectivity index (χ3v) is 6.36. The number of nitrogens with zero attached hydrogens (tertiary/aromatic N) is 3. The van der Waals surface area contributed by atoms with E-state index in [-0.39, 0.29) is 11.7 Å². The molecule has 1 N–H and O–H groups in total. The Morgan fingerprint density at radius 3 is 2.60 bits per heavy atom. The highest BCUT2D eigenvalue weighted by Crippen LogP contribution is 2.29. The fourth-order valence-electron chi connectivity index (χ4n) is 3.43. The molecule has 3 aromatic carbocycles. The summed E-state index contributed by atoms with van der Waals surface area (Å²) in [4.78, 5) is 12.7. The number of thioether (sulfide) groups is 1. The molecule has 0 fully saturated rings. The van der Waals surface area contributed by atoms with Gasteiger partial charge in [-0.1, -0.05) is 53.7 Å². The first kappa shape index (κ1) is 24.6. The molecule has 0 radical (unpaired) electrons. The van der Waals surface area contributed by atoms with Crippen molar-refractivity contribution in [3.63, 3.8) is 0 Å². The fourth-order valence-corrected chi connectivity index (χ4v) is 4.37. The van der Waals surface area contributed by atoms with Gasteiger partial charge in [-0.25, -0.2) is 0 Å². The van der Waals surface area contributed by atoms with Gasteiger partial charge in [-0.3, -0.25) is 9.36 Å². The molecule has 0 saturated carbocycles. The van der Waals surface area contributed by atoms with E-state index in [1.807, 2.05) is 79.1 Å². The number of methoxy groups -OCH3 is 1. The number of amides is 1. The summed E-state index contributed by atoms with van der Waals surface area (Å²) in [6, 6.07) is 22.5. The van der Waals surface area contributed by atoms with E-state index >= 15 is 0 Å². The number of hydrogen-bond donors (Lipinski definition) is 1. The molecule has 1 heterocycles. The number of rotatable bonds is 9. The normalized spacial score (nSPS) is 11.7. The van der Waals surface area contributed by atoms with Crippen molar-refractivity contribution < 1.29 is 14.3 Å². The van der Waals surface area contributed by atoms with E-state index in [1.54, 1.807) is 19.2 Å². The van der Waals surface area contributed by atoms with Crippen molar-refractivity contribution in [3.05, 3.63) is 89.2 Å². The third-order valence-electron chi connectivity index (χ3n) is 5.20. The molecule has 1 amide bonds. The van der Waals surface area contributed by atoms with Crippen LogP contribution in [-0.2, 0) is 4.79 Å². The number of anilines is 1. The quantitative estimate of drug-likeness (QED) is 0.275. The van der Waals surface area contributed by atoms with Crippen LogP contribution in [0.25, 0.3) is 5.69 Å². The number of carbonyl (C=O) groups is 1. The van der Waals surface area contributed by atoms with Gasteiger partial charge in [0.15, 0.2) is 17.1 Å². The van der Waals surface area contributed by atoms with Crippen molar-refractivity contribution in [2.24, 2.45) is 0 Å². The number of aromatic nitrogens is 3. The molecule has 1 unspecified atom stereocenters. The second-order valence-corrected chi connectivity index (χ2v) is 9.13. The van der Waals surface area contributed by atoms with Crippen molar-refractivity contribution in [1.29, 1.82) is 0 Å².